The third-order valence-electron chi connectivity index (χ3n) is 5.83. The van der Waals surface area contributed by atoms with Crippen molar-refractivity contribution in [3.8, 4) is 6.07 Å². The van der Waals surface area contributed by atoms with Crippen LogP contribution in [0.2, 0.25) is 0 Å². The third-order valence-corrected chi connectivity index (χ3v) is 5.83. The second kappa shape index (κ2) is 14.0. The molecular formula is C25H35N5O6. The molecule has 1 aromatic carbocycles. The van der Waals surface area contributed by atoms with Gasteiger partial charge in [0.05, 0.1) is 6.04 Å². The maximum Gasteiger partial charge on any atom is 0.339 e. The average molecular weight is 502 g/mol. The molecule has 0 bridgehead atoms. The average Bonchev–Trinajstić information content (AvgIpc) is 2.87. The van der Waals surface area contributed by atoms with Crippen LogP contribution >= 0.6 is 0 Å². The van der Waals surface area contributed by atoms with Crippen molar-refractivity contribution in [2.75, 3.05) is 13.1 Å². The molecule has 3 N–H and O–H groups in total. The summed E-state index contributed by atoms with van der Waals surface area (Å²) >= 11 is 0. The van der Waals surface area contributed by atoms with Crippen molar-refractivity contribution in [3.63, 3.8) is 0 Å². The number of nitrogens with zero attached hydrogens (tertiary/aromatic N) is 2. The van der Waals surface area contributed by atoms with E-state index in [2.05, 4.69) is 16.0 Å². The molecule has 2 rings (SSSR count). The molecule has 11 heteroatoms. The van der Waals surface area contributed by atoms with Crippen LogP contribution in [0, 0.1) is 11.3 Å². The van der Waals surface area contributed by atoms with Gasteiger partial charge in [-0.2, -0.15) is 10.1 Å². The number of carbonyl (C=O) groups excluding carboxylic acids is 4. The van der Waals surface area contributed by atoms with Crippen LogP contribution in [0.4, 0.5) is 4.79 Å². The maximum atomic E-state index is 13.1. The van der Waals surface area contributed by atoms with E-state index in [0.29, 0.717) is 18.5 Å². The van der Waals surface area contributed by atoms with Gasteiger partial charge in [0.25, 0.3) is 5.91 Å². The molecular weight excluding hydrogens is 466 g/mol. The van der Waals surface area contributed by atoms with Crippen molar-refractivity contribution in [1.29, 1.82) is 5.26 Å². The van der Waals surface area contributed by atoms with Crippen molar-refractivity contribution in [2.45, 2.75) is 77.1 Å². The summed E-state index contributed by atoms with van der Waals surface area (Å²) in [5.41, 5.74) is -1.48. The zero-order valence-electron chi connectivity index (χ0n) is 21.0. The first kappa shape index (κ1) is 28.6. The minimum atomic E-state index is -1.86. The van der Waals surface area contributed by atoms with Crippen LogP contribution in [0.5, 0.6) is 0 Å². The summed E-state index contributed by atoms with van der Waals surface area (Å²) in [5, 5.41) is 18.3. The third kappa shape index (κ3) is 7.95. The van der Waals surface area contributed by atoms with E-state index in [1.54, 1.807) is 30.3 Å². The molecule has 4 amide bonds. The van der Waals surface area contributed by atoms with Gasteiger partial charge in [-0.15, -0.1) is 0 Å². The van der Waals surface area contributed by atoms with Crippen LogP contribution < -0.4 is 16.0 Å². The zero-order chi connectivity index (χ0) is 26.6. The number of hydrogen-bond donors (Lipinski definition) is 3. The fraction of sp³-hybridized carbons (Fsp3) is 0.560. The van der Waals surface area contributed by atoms with E-state index < -0.39 is 35.7 Å². The first-order valence-corrected chi connectivity index (χ1v) is 12.2. The Morgan fingerprint density at radius 2 is 1.81 bits per heavy atom. The van der Waals surface area contributed by atoms with Crippen LogP contribution in [0.1, 0.15) is 69.7 Å². The standard InChI is InChI=1S/C25H35N5O6/c1-4-6-13-22(32)30-16-20(28-24(34)27-14-7-5-2)25(17-26,36-35-18(3)31)15-21(30)29-23(33)19-11-9-8-10-12-19/h8-12,20-21H,4-7,13-16H2,1-3H3,(H,29,33)(H2,27,28,34). The van der Waals surface area contributed by atoms with E-state index in [4.69, 9.17) is 9.78 Å². The Labute approximate surface area is 211 Å². The number of piperidine rings is 1. The smallest absolute Gasteiger partial charge is 0.338 e. The first-order chi connectivity index (χ1) is 17.3. The summed E-state index contributed by atoms with van der Waals surface area (Å²) in [4.78, 5) is 61.6. The quantitative estimate of drug-likeness (QED) is 0.239. The summed E-state index contributed by atoms with van der Waals surface area (Å²) in [5.74, 6) is -1.48. The number of carbonyl (C=O) groups is 4. The lowest BCUT2D eigenvalue weighted by Crippen LogP contribution is -2.70. The highest BCUT2D eigenvalue weighted by Gasteiger charge is 2.53. The molecule has 1 saturated heterocycles. The minimum absolute atomic E-state index is 0.141. The van der Waals surface area contributed by atoms with E-state index in [1.807, 2.05) is 19.9 Å². The maximum absolute atomic E-state index is 13.1. The number of benzene rings is 1. The molecule has 1 aromatic rings. The van der Waals surface area contributed by atoms with Crippen LogP contribution in [0.25, 0.3) is 0 Å². The topological polar surface area (TPSA) is 150 Å². The SMILES string of the molecule is CCCCNC(=O)NC1CN(C(=O)CCCC)C(NC(=O)c2ccccc2)CC1(C#N)OOC(C)=O. The molecule has 1 aliphatic rings. The molecule has 1 aliphatic heterocycles. The second-order valence-electron chi connectivity index (χ2n) is 8.67. The highest BCUT2D eigenvalue weighted by Crippen LogP contribution is 2.31. The predicted octanol–water partition coefficient (Wildman–Crippen LogP) is 2.39. The highest BCUT2D eigenvalue weighted by atomic mass is 17.2. The number of nitriles is 1. The van der Waals surface area contributed by atoms with E-state index in [1.165, 1.54) is 4.90 Å². The van der Waals surface area contributed by atoms with Gasteiger partial charge in [-0.25, -0.2) is 9.59 Å². The molecule has 1 heterocycles. The number of likely N-dealkylation sites (tertiary alicyclic amines) is 1. The Morgan fingerprint density at radius 1 is 1.11 bits per heavy atom. The van der Waals surface area contributed by atoms with Crippen molar-refractivity contribution in [3.05, 3.63) is 35.9 Å². The molecule has 0 saturated carbocycles. The Bertz CT molecular complexity index is 950. The van der Waals surface area contributed by atoms with E-state index in [-0.39, 0.29) is 25.3 Å². The van der Waals surface area contributed by atoms with Crippen LogP contribution in [-0.4, -0.2) is 59.6 Å². The number of nitrogens with one attached hydrogen (secondary N) is 3. The molecule has 0 radical (unpaired) electrons. The van der Waals surface area contributed by atoms with Gasteiger partial charge in [0.2, 0.25) is 11.5 Å². The minimum Gasteiger partial charge on any atom is -0.338 e. The fourth-order valence-electron chi connectivity index (χ4n) is 3.83. The van der Waals surface area contributed by atoms with Crippen LogP contribution in [0.3, 0.4) is 0 Å². The van der Waals surface area contributed by atoms with E-state index >= 15 is 0 Å². The highest BCUT2D eigenvalue weighted by molar-refractivity contribution is 5.94. The number of unbranched alkanes of at least 4 members (excludes halogenated alkanes) is 2. The van der Waals surface area contributed by atoms with Gasteiger partial charge in [-0.3, -0.25) is 14.5 Å². The predicted molar refractivity (Wildman–Crippen MR) is 130 cm³/mol. The number of rotatable bonds is 11. The molecule has 0 spiro atoms. The summed E-state index contributed by atoms with van der Waals surface area (Å²) in [6.07, 6.45) is 2.11. The van der Waals surface area contributed by atoms with Crippen molar-refractivity contribution >= 4 is 23.8 Å². The monoisotopic (exact) mass is 501 g/mol. The van der Waals surface area contributed by atoms with Crippen molar-refractivity contribution in [2.24, 2.45) is 0 Å². The summed E-state index contributed by atoms with van der Waals surface area (Å²) < 4.78 is 0. The number of amides is 4. The molecule has 1 fully saturated rings. The van der Waals surface area contributed by atoms with Gasteiger partial charge in [0.15, 0.2) is 0 Å². The van der Waals surface area contributed by atoms with Crippen LogP contribution in [-0.2, 0) is 19.4 Å². The van der Waals surface area contributed by atoms with Gasteiger partial charge < -0.3 is 20.9 Å². The number of hydrogen-bond acceptors (Lipinski definition) is 7. The Kier molecular flexibility index (Phi) is 11.1. The molecule has 36 heavy (non-hydrogen) atoms. The van der Waals surface area contributed by atoms with E-state index in [0.717, 1.165) is 26.2 Å². The summed E-state index contributed by atoms with van der Waals surface area (Å²) in [6.45, 7) is 5.34. The normalized spacial score (nSPS) is 21.1. The summed E-state index contributed by atoms with van der Waals surface area (Å²) in [7, 11) is 0. The van der Waals surface area contributed by atoms with E-state index in [9.17, 15) is 24.4 Å². The Morgan fingerprint density at radius 3 is 2.42 bits per heavy atom. The Balaban J connectivity index is 2.37. The second-order valence-corrected chi connectivity index (χ2v) is 8.67. The van der Waals surface area contributed by atoms with Crippen LogP contribution in [0.15, 0.2) is 30.3 Å². The zero-order valence-corrected chi connectivity index (χ0v) is 21.0. The lowest BCUT2D eigenvalue weighted by atomic mass is 9.85. The molecule has 3 unspecified atom stereocenters. The first-order valence-electron chi connectivity index (χ1n) is 12.2. The Hall–Kier alpha value is -3.65. The molecule has 3 atom stereocenters. The molecule has 11 nitrogen and oxygen atoms in total. The van der Waals surface area contributed by atoms with Gasteiger partial charge in [0.1, 0.15) is 12.2 Å². The van der Waals surface area contributed by atoms with Gasteiger partial charge >= 0.3 is 12.0 Å². The largest absolute Gasteiger partial charge is 0.339 e. The summed E-state index contributed by atoms with van der Waals surface area (Å²) in [6, 6.07) is 8.86. The number of urea groups is 1. The van der Waals surface area contributed by atoms with Gasteiger partial charge in [0, 0.05) is 38.4 Å². The molecule has 0 aromatic heterocycles. The van der Waals surface area contributed by atoms with Crippen molar-refractivity contribution < 1.29 is 29.0 Å². The van der Waals surface area contributed by atoms with Crippen molar-refractivity contribution in [1.82, 2.24) is 20.9 Å². The molecule has 196 valence electrons. The lowest BCUT2D eigenvalue weighted by molar-refractivity contribution is -0.330. The lowest BCUT2D eigenvalue weighted by Gasteiger charge is -2.46. The fourth-order valence-corrected chi connectivity index (χ4v) is 3.83. The van der Waals surface area contributed by atoms with Gasteiger partial charge in [-0.05, 0) is 25.0 Å². The molecule has 0 aliphatic carbocycles. The van der Waals surface area contributed by atoms with Gasteiger partial charge in [-0.1, -0.05) is 44.9 Å².